The lowest BCUT2D eigenvalue weighted by Gasteiger charge is -2.23. The molecule has 2 atom stereocenters. The van der Waals surface area contributed by atoms with Gasteiger partial charge in [-0.15, -0.1) is 5.11 Å². The topological polar surface area (TPSA) is 91.6 Å². The minimum Gasteiger partial charge on any atom is -0.297 e. The van der Waals surface area contributed by atoms with E-state index >= 15 is 0 Å². The number of hydrogen-bond donors (Lipinski definition) is 1. The molecule has 0 bridgehead atoms. The largest absolute Gasteiger partial charge is 0.475 e. The van der Waals surface area contributed by atoms with E-state index in [0.29, 0.717) is 0 Å². The second kappa shape index (κ2) is 4.81. The summed E-state index contributed by atoms with van der Waals surface area (Å²) in [5.74, 6) is 0. The van der Waals surface area contributed by atoms with Gasteiger partial charge < -0.3 is 0 Å². The highest BCUT2D eigenvalue weighted by molar-refractivity contribution is 7.90. The molecule has 1 aromatic carbocycles. The van der Waals surface area contributed by atoms with Crippen molar-refractivity contribution < 1.29 is 17.4 Å². The standard InChI is InChI=1S/C11H7F3N4OS/c12-11(13,14)20(19)9-8(6-15)17-18-10(9,16)7-4-2-1-3-5-7/h1-5H,16H2. The Morgan fingerprint density at radius 1 is 1.30 bits per heavy atom. The van der Waals surface area contributed by atoms with Gasteiger partial charge in [-0.25, -0.2) is 4.21 Å². The molecule has 1 aliphatic heterocycles. The van der Waals surface area contributed by atoms with E-state index in [1.807, 2.05) is 0 Å². The zero-order valence-electron chi connectivity index (χ0n) is 9.76. The van der Waals surface area contributed by atoms with Crippen LogP contribution >= 0.6 is 0 Å². The second-order valence-corrected chi connectivity index (χ2v) is 5.25. The number of alkyl halides is 3. The molecule has 1 aromatic rings. The summed E-state index contributed by atoms with van der Waals surface area (Å²) in [4.78, 5) is -0.848. The number of halogens is 3. The molecule has 0 fully saturated rings. The first-order chi connectivity index (χ1) is 9.30. The van der Waals surface area contributed by atoms with Crippen molar-refractivity contribution in [3.05, 3.63) is 46.5 Å². The lowest BCUT2D eigenvalue weighted by molar-refractivity contribution is -0.0379. The van der Waals surface area contributed by atoms with Gasteiger partial charge in [0.2, 0.25) is 0 Å². The van der Waals surface area contributed by atoms with Crippen molar-refractivity contribution in [1.82, 2.24) is 0 Å². The number of hydrogen-bond acceptors (Lipinski definition) is 5. The number of benzene rings is 1. The van der Waals surface area contributed by atoms with Crippen LogP contribution in [0.1, 0.15) is 5.56 Å². The van der Waals surface area contributed by atoms with Crippen molar-refractivity contribution >= 4 is 10.8 Å². The van der Waals surface area contributed by atoms with Crippen LogP contribution in [0.3, 0.4) is 0 Å². The van der Waals surface area contributed by atoms with Gasteiger partial charge in [-0.3, -0.25) is 5.73 Å². The summed E-state index contributed by atoms with van der Waals surface area (Å²) in [6, 6.07) is 9.00. The van der Waals surface area contributed by atoms with Gasteiger partial charge in [-0.1, -0.05) is 30.3 Å². The summed E-state index contributed by atoms with van der Waals surface area (Å²) < 4.78 is 49.7. The number of nitrogens with zero attached hydrogens (tertiary/aromatic N) is 3. The summed E-state index contributed by atoms with van der Waals surface area (Å²) in [5.41, 5.74) is -1.78. The van der Waals surface area contributed by atoms with Crippen molar-refractivity contribution in [2.45, 2.75) is 11.2 Å². The Balaban J connectivity index is 2.62. The van der Waals surface area contributed by atoms with E-state index < -0.39 is 32.6 Å². The van der Waals surface area contributed by atoms with Crippen LogP contribution in [-0.2, 0) is 16.5 Å². The third-order valence-corrected chi connectivity index (χ3v) is 3.88. The lowest BCUT2D eigenvalue weighted by atomic mass is 10.0. The zero-order valence-corrected chi connectivity index (χ0v) is 10.6. The van der Waals surface area contributed by atoms with E-state index in [1.54, 1.807) is 6.07 Å². The molecule has 0 radical (unpaired) electrons. The third kappa shape index (κ3) is 2.23. The molecule has 2 rings (SSSR count). The Kier molecular flexibility index (Phi) is 3.45. The quantitative estimate of drug-likeness (QED) is 0.908. The van der Waals surface area contributed by atoms with Crippen molar-refractivity contribution in [2.75, 3.05) is 0 Å². The van der Waals surface area contributed by atoms with Gasteiger partial charge in [0, 0.05) is 5.56 Å². The summed E-state index contributed by atoms with van der Waals surface area (Å²) in [6.07, 6.45) is 0. The smallest absolute Gasteiger partial charge is 0.297 e. The van der Waals surface area contributed by atoms with Crippen molar-refractivity contribution in [2.24, 2.45) is 16.0 Å². The van der Waals surface area contributed by atoms with Crippen molar-refractivity contribution in [3.8, 4) is 6.07 Å². The van der Waals surface area contributed by atoms with Crippen LogP contribution in [0.15, 0.2) is 51.2 Å². The Hall–Kier alpha value is -2.05. The molecule has 1 aliphatic rings. The zero-order chi connectivity index (χ0) is 15.0. The average Bonchev–Trinajstić information content (AvgIpc) is 2.76. The van der Waals surface area contributed by atoms with Gasteiger partial charge in [0.25, 0.3) is 0 Å². The first-order valence-electron chi connectivity index (χ1n) is 5.21. The molecule has 0 amide bonds. The normalized spacial score (nSPS) is 23.8. The van der Waals surface area contributed by atoms with Crippen LogP contribution in [0.2, 0.25) is 0 Å². The highest BCUT2D eigenvalue weighted by Gasteiger charge is 2.51. The van der Waals surface area contributed by atoms with Gasteiger partial charge in [0.05, 0.1) is 0 Å². The van der Waals surface area contributed by atoms with E-state index in [9.17, 15) is 17.4 Å². The lowest BCUT2D eigenvalue weighted by Crippen LogP contribution is -2.39. The van der Waals surface area contributed by atoms with Crippen LogP contribution in [0.4, 0.5) is 13.2 Å². The average molecular weight is 300 g/mol. The Morgan fingerprint density at radius 2 is 1.90 bits per heavy atom. The van der Waals surface area contributed by atoms with E-state index in [1.165, 1.54) is 30.3 Å². The first kappa shape index (κ1) is 14.4. The van der Waals surface area contributed by atoms with E-state index in [2.05, 4.69) is 10.2 Å². The fraction of sp³-hybridized carbons (Fsp3) is 0.182. The van der Waals surface area contributed by atoms with Gasteiger partial charge in [0.15, 0.2) is 22.2 Å². The molecule has 5 nitrogen and oxygen atoms in total. The number of nitrogens with two attached hydrogens (primary N) is 1. The molecular formula is C11H7F3N4OS. The molecule has 1 heterocycles. The summed E-state index contributed by atoms with van der Waals surface area (Å²) in [5, 5.41) is 15.7. The van der Waals surface area contributed by atoms with E-state index in [4.69, 9.17) is 11.0 Å². The molecule has 2 N–H and O–H groups in total. The number of allylic oxidation sites excluding steroid dienone is 1. The van der Waals surface area contributed by atoms with Crippen LogP contribution in [0.25, 0.3) is 0 Å². The van der Waals surface area contributed by atoms with Crippen LogP contribution in [0, 0.1) is 11.3 Å². The van der Waals surface area contributed by atoms with E-state index in [0.717, 1.165) is 0 Å². The van der Waals surface area contributed by atoms with Crippen molar-refractivity contribution in [1.29, 1.82) is 5.26 Å². The third-order valence-electron chi connectivity index (χ3n) is 2.58. The molecular weight excluding hydrogens is 293 g/mol. The van der Waals surface area contributed by atoms with Crippen LogP contribution in [0.5, 0.6) is 0 Å². The summed E-state index contributed by atoms with van der Waals surface area (Å²) in [7, 11) is -3.47. The second-order valence-electron chi connectivity index (χ2n) is 3.84. The molecule has 2 unspecified atom stereocenters. The fourth-order valence-electron chi connectivity index (χ4n) is 1.70. The highest BCUT2D eigenvalue weighted by Crippen LogP contribution is 2.42. The Labute approximate surface area is 114 Å². The minimum absolute atomic E-state index is 0.168. The minimum atomic E-state index is -5.05. The maximum atomic E-state index is 12.7. The Morgan fingerprint density at radius 3 is 2.40 bits per heavy atom. The maximum absolute atomic E-state index is 12.7. The van der Waals surface area contributed by atoms with E-state index in [-0.39, 0.29) is 5.56 Å². The van der Waals surface area contributed by atoms with Crippen molar-refractivity contribution in [3.63, 3.8) is 0 Å². The molecule has 0 aliphatic carbocycles. The van der Waals surface area contributed by atoms with Gasteiger partial charge >= 0.3 is 5.51 Å². The maximum Gasteiger partial charge on any atom is 0.475 e. The molecule has 0 aromatic heterocycles. The molecule has 104 valence electrons. The highest BCUT2D eigenvalue weighted by atomic mass is 32.2. The SMILES string of the molecule is N#CC1=C(S(=O)C(F)(F)F)C(N)(c2ccccc2)N=N1. The number of nitriles is 1. The molecule has 0 saturated heterocycles. The monoisotopic (exact) mass is 300 g/mol. The van der Waals surface area contributed by atoms with Gasteiger partial charge in [0.1, 0.15) is 11.0 Å². The molecule has 0 spiro atoms. The van der Waals surface area contributed by atoms with Gasteiger partial charge in [-0.2, -0.15) is 23.5 Å². The summed E-state index contributed by atoms with van der Waals surface area (Å²) >= 11 is 0. The number of rotatable bonds is 2. The molecule has 9 heteroatoms. The Bertz CT molecular complexity index is 662. The fourth-order valence-corrected chi connectivity index (χ4v) is 2.63. The first-order valence-corrected chi connectivity index (χ1v) is 6.36. The number of azo groups is 1. The predicted octanol–water partition coefficient (Wildman–Crippen LogP) is 2.27. The van der Waals surface area contributed by atoms with Gasteiger partial charge in [-0.05, 0) is 0 Å². The van der Waals surface area contributed by atoms with Crippen LogP contribution in [-0.4, -0.2) is 9.72 Å². The molecule has 20 heavy (non-hydrogen) atoms. The predicted molar refractivity (Wildman–Crippen MR) is 64.0 cm³/mol. The molecule has 0 saturated carbocycles. The summed E-state index contributed by atoms with van der Waals surface area (Å²) in [6.45, 7) is 0. The van der Waals surface area contributed by atoms with Crippen LogP contribution < -0.4 is 5.73 Å².